The molecule has 1 aromatic carbocycles. The van der Waals surface area contributed by atoms with Gasteiger partial charge in [0.2, 0.25) is 11.9 Å². The summed E-state index contributed by atoms with van der Waals surface area (Å²) in [5, 5.41) is 5.31. The molecule has 34 heavy (non-hydrogen) atoms. The van der Waals surface area contributed by atoms with Gasteiger partial charge in [-0.15, -0.1) is 0 Å². The summed E-state index contributed by atoms with van der Waals surface area (Å²) in [5.74, 6) is -0.731. The molecule has 13 nitrogen and oxygen atoms in total. The Bertz CT molecular complexity index is 1600. The van der Waals surface area contributed by atoms with Crippen LogP contribution in [0, 0.1) is 5.92 Å². The zero-order valence-electron chi connectivity index (χ0n) is 18.1. The number of hydrogen-bond acceptors (Lipinski definition) is 8. The number of carbonyl (C=O) groups excluding carboxylic acids is 2. The van der Waals surface area contributed by atoms with Crippen molar-refractivity contribution in [3.05, 3.63) is 65.2 Å². The van der Waals surface area contributed by atoms with Gasteiger partial charge in [-0.1, -0.05) is 32.0 Å². The number of hydrogen-bond donors (Lipinski definition) is 3. The molecule has 170 valence electrons. The molecule has 0 bridgehead atoms. The molecule has 5 aromatic rings. The van der Waals surface area contributed by atoms with Crippen molar-refractivity contribution in [2.24, 2.45) is 5.92 Å². The molecule has 4 aromatic heterocycles. The maximum atomic E-state index is 12.6. The van der Waals surface area contributed by atoms with Crippen LogP contribution in [0.25, 0.3) is 22.3 Å². The van der Waals surface area contributed by atoms with E-state index >= 15 is 0 Å². The van der Waals surface area contributed by atoms with Gasteiger partial charge in [-0.05, 0) is 12.1 Å². The van der Waals surface area contributed by atoms with Crippen LogP contribution in [0.4, 0.5) is 11.8 Å². The molecule has 0 aliphatic carbocycles. The molecule has 13 heteroatoms. The number of fused-ring (bicyclic) bond motifs is 2. The fourth-order valence-corrected chi connectivity index (χ4v) is 3.22. The molecule has 4 heterocycles. The number of H-pyrrole nitrogens is 1. The van der Waals surface area contributed by atoms with Gasteiger partial charge in [0.05, 0.1) is 0 Å². The van der Waals surface area contributed by atoms with Gasteiger partial charge in [0.25, 0.3) is 11.5 Å². The van der Waals surface area contributed by atoms with E-state index in [4.69, 9.17) is 0 Å². The highest BCUT2D eigenvalue weighted by molar-refractivity contribution is 6.06. The van der Waals surface area contributed by atoms with Crippen molar-refractivity contribution < 1.29 is 9.59 Å². The highest BCUT2D eigenvalue weighted by atomic mass is 16.2. The van der Waals surface area contributed by atoms with E-state index in [-0.39, 0.29) is 40.7 Å². The van der Waals surface area contributed by atoms with E-state index in [9.17, 15) is 14.4 Å². The molecule has 5 rings (SSSR count). The summed E-state index contributed by atoms with van der Waals surface area (Å²) in [4.78, 5) is 60.8. The average Bonchev–Trinajstić information content (AvgIpc) is 3.44. The van der Waals surface area contributed by atoms with Crippen LogP contribution in [0.1, 0.15) is 24.2 Å². The maximum absolute atomic E-state index is 12.6. The lowest BCUT2D eigenvalue weighted by Gasteiger charge is -2.09. The Hall–Kier alpha value is -4.94. The van der Waals surface area contributed by atoms with E-state index in [1.807, 2.05) is 6.07 Å². The molecule has 0 spiro atoms. The van der Waals surface area contributed by atoms with Crippen LogP contribution in [0.2, 0.25) is 0 Å². The van der Waals surface area contributed by atoms with Gasteiger partial charge in [0.15, 0.2) is 28.1 Å². The summed E-state index contributed by atoms with van der Waals surface area (Å²) in [6, 6.07) is 8.70. The van der Waals surface area contributed by atoms with Crippen LogP contribution >= 0.6 is 0 Å². The van der Waals surface area contributed by atoms with E-state index in [0.717, 1.165) is 0 Å². The Morgan fingerprint density at radius 2 is 1.62 bits per heavy atom. The van der Waals surface area contributed by atoms with E-state index in [1.165, 1.54) is 28.3 Å². The first-order chi connectivity index (χ1) is 16.4. The van der Waals surface area contributed by atoms with Crippen LogP contribution in [0.15, 0.2) is 54.1 Å². The van der Waals surface area contributed by atoms with Crippen molar-refractivity contribution in [3.63, 3.8) is 0 Å². The van der Waals surface area contributed by atoms with E-state index < -0.39 is 5.56 Å². The summed E-state index contributed by atoms with van der Waals surface area (Å²) < 4.78 is 2.96. The molecule has 0 aliphatic rings. The smallest absolute Gasteiger partial charge is 0.280 e. The van der Waals surface area contributed by atoms with Crippen molar-refractivity contribution in [2.45, 2.75) is 13.8 Å². The Morgan fingerprint density at radius 1 is 0.912 bits per heavy atom. The number of carbonyl (C=O) groups is 2. The highest BCUT2D eigenvalue weighted by Crippen LogP contribution is 2.20. The topological polar surface area (TPSA) is 165 Å². The largest absolute Gasteiger partial charge is 0.305 e. The predicted octanol–water partition coefficient (Wildman–Crippen LogP) is 1.42. The van der Waals surface area contributed by atoms with E-state index in [2.05, 4.69) is 40.5 Å². The van der Waals surface area contributed by atoms with E-state index in [1.54, 1.807) is 38.1 Å². The number of benzene rings is 1. The number of aromatic amines is 1. The Balaban J connectivity index is 1.56. The molecular formula is C21H18N10O3. The second-order valence-electron chi connectivity index (χ2n) is 7.62. The van der Waals surface area contributed by atoms with Gasteiger partial charge >= 0.3 is 0 Å². The molecule has 0 atom stereocenters. The molecular weight excluding hydrogens is 440 g/mol. The van der Waals surface area contributed by atoms with Gasteiger partial charge < -0.3 is 5.32 Å². The third kappa shape index (κ3) is 3.64. The minimum Gasteiger partial charge on any atom is -0.305 e. The van der Waals surface area contributed by atoms with Gasteiger partial charge in [-0.25, -0.2) is 29.3 Å². The number of anilines is 2. The first-order valence-corrected chi connectivity index (χ1v) is 10.3. The first kappa shape index (κ1) is 20.9. The van der Waals surface area contributed by atoms with Crippen LogP contribution < -0.4 is 16.2 Å². The standard InChI is InChI=1S/C21H18N10O3/c1-11(2)18(32)28-21-27-17-14(20(34)29-21)25-10-31(17)30-9-24-13-15(22-8-23-16(13)30)26-19(33)12-6-4-3-5-7-12/h3-11H,1-2H3,(H,22,23,26,33)(H2,27,28,29,32,34). The zero-order valence-corrected chi connectivity index (χ0v) is 18.1. The third-order valence-corrected chi connectivity index (χ3v) is 4.97. The van der Waals surface area contributed by atoms with Gasteiger partial charge in [-0.3, -0.25) is 24.7 Å². The zero-order chi connectivity index (χ0) is 23.8. The summed E-state index contributed by atoms with van der Waals surface area (Å²) in [7, 11) is 0. The third-order valence-electron chi connectivity index (χ3n) is 4.97. The van der Waals surface area contributed by atoms with Crippen LogP contribution in [-0.4, -0.2) is 51.1 Å². The molecule has 2 amide bonds. The van der Waals surface area contributed by atoms with Crippen LogP contribution in [0.3, 0.4) is 0 Å². The highest BCUT2D eigenvalue weighted by Gasteiger charge is 2.18. The Morgan fingerprint density at radius 3 is 2.35 bits per heavy atom. The second-order valence-corrected chi connectivity index (χ2v) is 7.62. The van der Waals surface area contributed by atoms with Crippen molar-refractivity contribution in [2.75, 3.05) is 10.6 Å². The quantitative estimate of drug-likeness (QED) is 0.356. The van der Waals surface area contributed by atoms with Crippen molar-refractivity contribution in [1.29, 1.82) is 0 Å². The van der Waals surface area contributed by atoms with Crippen molar-refractivity contribution in [1.82, 2.24) is 39.3 Å². The minimum atomic E-state index is -0.516. The Labute approximate surface area is 190 Å². The second kappa shape index (κ2) is 8.20. The summed E-state index contributed by atoms with van der Waals surface area (Å²) in [6.45, 7) is 3.45. The van der Waals surface area contributed by atoms with Gasteiger partial charge in [-0.2, -0.15) is 4.98 Å². The number of amides is 2. The molecule has 0 saturated heterocycles. The maximum Gasteiger partial charge on any atom is 0.280 e. The number of rotatable bonds is 5. The molecule has 0 radical (unpaired) electrons. The summed E-state index contributed by atoms with van der Waals surface area (Å²) >= 11 is 0. The monoisotopic (exact) mass is 458 g/mol. The first-order valence-electron chi connectivity index (χ1n) is 10.3. The minimum absolute atomic E-state index is 0.00666. The molecule has 0 fully saturated rings. The predicted molar refractivity (Wildman–Crippen MR) is 122 cm³/mol. The summed E-state index contributed by atoms with van der Waals surface area (Å²) in [5.41, 5.74) is 0.859. The average molecular weight is 458 g/mol. The lowest BCUT2D eigenvalue weighted by molar-refractivity contribution is -0.118. The SMILES string of the molecule is CC(C)C(=O)Nc1nc2c(ncn2-n2cnc3c(NC(=O)c4ccccc4)ncnc32)c(=O)[nH]1. The number of imidazole rings is 2. The van der Waals surface area contributed by atoms with Crippen molar-refractivity contribution >= 4 is 45.9 Å². The Kier molecular flexibility index (Phi) is 5.05. The van der Waals surface area contributed by atoms with Crippen molar-refractivity contribution in [3.8, 4) is 0 Å². The molecule has 3 N–H and O–H groups in total. The normalized spacial score (nSPS) is 11.3. The fraction of sp³-hybridized carbons (Fsp3) is 0.143. The van der Waals surface area contributed by atoms with E-state index in [0.29, 0.717) is 16.7 Å². The molecule has 0 aliphatic heterocycles. The van der Waals surface area contributed by atoms with Crippen LogP contribution in [0.5, 0.6) is 0 Å². The van der Waals surface area contributed by atoms with Crippen LogP contribution in [-0.2, 0) is 4.79 Å². The fourth-order valence-electron chi connectivity index (χ4n) is 3.22. The molecule has 0 unspecified atom stereocenters. The lowest BCUT2D eigenvalue weighted by atomic mass is 10.2. The number of nitrogens with one attached hydrogen (secondary N) is 3. The lowest BCUT2D eigenvalue weighted by Crippen LogP contribution is -2.22. The number of nitrogens with zero attached hydrogens (tertiary/aromatic N) is 7. The summed E-state index contributed by atoms with van der Waals surface area (Å²) in [6.07, 6.45) is 4.11. The number of aromatic nitrogens is 8. The van der Waals surface area contributed by atoms with Gasteiger partial charge in [0.1, 0.15) is 19.0 Å². The van der Waals surface area contributed by atoms with Gasteiger partial charge in [0, 0.05) is 11.5 Å². The molecule has 0 saturated carbocycles.